The number of aromatic nitrogens is 2. The molecule has 2 bridgehead atoms. The van der Waals surface area contributed by atoms with Crippen LogP contribution in [0.5, 0.6) is 0 Å². The average molecular weight is 479 g/mol. The Kier molecular flexibility index (Phi) is 8.04. The fourth-order valence-electron chi connectivity index (χ4n) is 2.58. The zero-order valence-corrected chi connectivity index (χ0v) is 17.0. The van der Waals surface area contributed by atoms with Gasteiger partial charge in [0.05, 0.1) is 5.57 Å². The summed E-state index contributed by atoms with van der Waals surface area (Å²) in [6, 6.07) is 4.33. The lowest BCUT2D eigenvalue weighted by Crippen LogP contribution is -2.68. The summed E-state index contributed by atoms with van der Waals surface area (Å²) in [7, 11) is -4.94. The van der Waals surface area contributed by atoms with Gasteiger partial charge in [-0.3, -0.25) is 4.79 Å². The number of ketones is 1. The molecule has 2 aliphatic rings. The monoisotopic (exact) mass is 478 g/mol. The van der Waals surface area contributed by atoms with Gasteiger partial charge < -0.3 is 4.52 Å². The van der Waals surface area contributed by atoms with Crippen LogP contribution in [-0.4, -0.2) is 10.9 Å². The Labute approximate surface area is 180 Å². The molecule has 0 aliphatic heterocycles. The number of hydrogen-bond acceptors (Lipinski definition) is 7. The van der Waals surface area contributed by atoms with Crippen LogP contribution in [0.3, 0.4) is 0 Å². The van der Waals surface area contributed by atoms with E-state index in [4.69, 9.17) is 18.6 Å². The maximum Gasteiger partial charge on any atom is 0.452 e. The normalized spacial score (nSPS) is 14.7. The second-order valence-corrected chi connectivity index (χ2v) is 7.06. The molecule has 2 aromatic rings. The van der Waals surface area contributed by atoms with Gasteiger partial charge in [0.25, 0.3) is 0 Å². The lowest BCUT2D eigenvalue weighted by molar-refractivity contribution is -2.00. The summed E-state index contributed by atoms with van der Waals surface area (Å²) in [4.78, 5) is 10.7. The third-order valence-corrected chi connectivity index (χ3v) is 3.93. The molecule has 0 unspecified atom stereocenters. The largest absolute Gasteiger partial charge is 0.452 e. The Hall–Kier alpha value is -2.90. The molecule has 0 N–H and O–H groups in total. The lowest BCUT2D eigenvalue weighted by Gasteiger charge is -2.17. The van der Waals surface area contributed by atoms with Crippen molar-refractivity contribution < 1.29 is 60.3 Å². The van der Waals surface area contributed by atoms with E-state index in [1.807, 2.05) is 11.5 Å². The number of halogens is 5. The number of fused-ring (bicyclic) bond motifs is 2. The molecule has 172 valence electrons. The van der Waals surface area contributed by atoms with Gasteiger partial charge in [-0.1, -0.05) is 18.2 Å². The number of rotatable bonds is 3. The molecule has 0 saturated heterocycles. The van der Waals surface area contributed by atoms with Gasteiger partial charge in [-0.2, -0.15) is 13.2 Å². The lowest BCUT2D eigenvalue weighted by atomic mass is 10.2. The van der Waals surface area contributed by atoms with Crippen LogP contribution in [0.15, 0.2) is 70.3 Å². The molecule has 0 saturated carbocycles. The van der Waals surface area contributed by atoms with E-state index in [0.717, 1.165) is 19.0 Å². The standard InChI is InChI=1S/C12H12F3N2O.C7H3FO.ClHO4/c1-2-5-17-6-3-9(4-7-17)10-8-11(18-16-10)12(13,14)15;8-6-3-4-1-2-5(6)7(4)9;2-1(3,4)5/h3-4,6-8H,2,5H2,1H3;1-3H;(H,2,3,4,5)/q+1;;/p-1. The number of carbonyl (C=O) groups excluding carboxylic acids is 1. The first-order valence-corrected chi connectivity index (χ1v) is 10.0. The summed E-state index contributed by atoms with van der Waals surface area (Å²) in [5, 5.41) is 3.42. The second kappa shape index (κ2) is 10.1. The van der Waals surface area contributed by atoms with E-state index >= 15 is 0 Å². The highest BCUT2D eigenvalue weighted by Gasteiger charge is 2.36. The third-order valence-electron chi connectivity index (χ3n) is 3.93. The van der Waals surface area contributed by atoms with E-state index in [-0.39, 0.29) is 17.1 Å². The highest BCUT2D eigenvalue weighted by atomic mass is 35.7. The van der Waals surface area contributed by atoms with Gasteiger partial charge in [0.1, 0.15) is 18.1 Å². The first kappa shape index (κ1) is 25.4. The molecule has 2 heterocycles. The number of nitrogens with zero attached hydrogens (tertiary/aromatic N) is 2. The average Bonchev–Trinajstić information content (AvgIpc) is 3.36. The first-order valence-electron chi connectivity index (χ1n) is 8.79. The molecule has 0 atom stereocenters. The number of alkyl halides is 3. The number of Topliss-reactive ketones (excluding diaryl/α,β-unsaturated/α-hetero) is 1. The Bertz CT molecular complexity index is 1050. The van der Waals surface area contributed by atoms with E-state index in [0.29, 0.717) is 11.1 Å². The fourth-order valence-corrected chi connectivity index (χ4v) is 2.58. The predicted octanol–water partition coefficient (Wildman–Crippen LogP) is -0.409. The minimum atomic E-state index is -4.94. The Morgan fingerprint density at radius 2 is 1.72 bits per heavy atom. The van der Waals surface area contributed by atoms with Gasteiger partial charge >= 0.3 is 6.18 Å². The highest BCUT2D eigenvalue weighted by Crippen LogP contribution is 2.32. The van der Waals surface area contributed by atoms with Crippen molar-refractivity contribution in [2.24, 2.45) is 0 Å². The molecule has 4 rings (SSSR count). The van der Waals surface area contributed by atoms with Crippen molar-refractivity contribution in [3.63, 3.8) is 0 Å². The highest BCUT2D eigenvalue weighted by molar-refractivity contribution is 6.18. The van der Waals surface area contributed by atoms with Gasteiger partial charge in [-0.25, -0.2) is 27.6 Å². The van der Waals surface area contributed by atoms with Crippen molar-refractivity contribution in [3.05, 3.63) is 71.6 Å². The van der Waals surface area contributed by atoms with Crippen LogP contribution in [0, 0.1) is 10.2 Å². The van der Waals surface area contributed by atoms with E-state index in [9.17, 15) is 22.4 Å². The van der Waals surface area contributed by atoms with Gasteiger partial charge in [-0.15, -0.1) is 10.2 Å². The molecule has 2 aromatic heterocycles. The molecule has 0 spiro atoms. The van der Waals surface area contributed by atoms with Crippen molar-refractivity contribution >= 4 is 5.78 Å². The molecule has 13 heteroatoms. The van der Waals surface area contributed by atoms with E-state index in [1.54, 1.807) is 30.6 Å². The van der Waals surface area contributed by atoms with E-state index in [2.05, 4.69) is 9.68 Å². The Balaban J connectivity index is 0.000000213. The molecule has 0 fully saturated rings. The first-order chi connectivity index (χ1) is 14.8. The van der Waals surface area contributed by atoms with Crippen LogP contribution in [0.1, 0.15) is 19.1 Å². The van der Waals surface area contributed by atoms with Crippen molar-refractivity contribution in [1.29, 1.82) is 0 Å². The molecular weight excluding hydrogens is 464 g/mol. The second-order valence-electron chi connectivity index (χ2n) is 6.30. The van der Waals surface area contributed by atoms with Crippen LogP contribution in [0.25, 0.3) is 11.3 Å². The number of carbonyl (C=O) groups is 1. The number of hydrogen-bond donors (Lipinski definition) is 0. The van der Waals surface area contributed by atoms with Crippen molar-refractivity contribution in [2.75, 3.05) is 0 Å². The molecule has 2 aliphatic carbocycles. The van der Waals surface area contributed by atoms with Crippen LogP contribution in [0.2, 0.25) is 0 Å². The summed E-state index contributed by atoms with van der Waals surface area (Å²) in [6.07, 6.45) is 4.50. The van der Waals surface area contributed by atoms with Gasteiger partial charge in [0.15, 0.2) is 18.2 Å². The summed E-state index contributed by atoms with van der Waals surface area (Å²) >= 11 is 0. The summed E-state index contributed by atoms with van der Waals surface area (Å²) in [6.45, 7) is 2.92. The van der Waals surface area contributed by atoms with Gasteiger partial charge in [0, 0.05) is 35.8 Å². The SMILES string of the molecule is CCC[n+]1ccc(-c2cc(C(F)(F)F)on2)cc1.O=C1C2=CC(F)=C1C=C2.[O-][Cl+3]([O-])([O-])[O-]. The quantitative estimate of drug-likeness (QED) is 0.431. The smallest absolute Gasteiger partial charge is 0.351 e. The van der Waals surface area contributed by atoms with Crippen LogP contribution < -0.4 is 23.2 Å². The van der Waals surface area contributed by atoms with Crippen LogP contribution in [0.4, 0.5) is 17.6 Å². The zero-order chi connectivity index (χ0) is 24.1. The third kappa shape index (κ3) is 7.35. The Morgan fingerprint density at radius 1 is 1.12 bits per heavy atom. The topological polar surface area (TPSA) is 139 Å². The summed E-state index contributed by atoms with van der Waals surface area (Å²) in [5.74, 6) is -1.65. The Morgan fingerprint density at radius 3 is 2.06 bits per heavy atom. The summed E-state index contributed by atoms with van der Waals surface area (Å²) < 4.78 is 89.6. The van der Waals surface area contributed by atoms with Crippen molar-refractivity contribution in [3.8, 4) is 11.3 Å². The number of aryl methyl sites for hydroxylation is 1. The predicted molar refractivity (Wildman–Crippen MR) is 87.8 cm³/mol. The molecule has 0 aromatic carbocycles. The molecular formula is C19H15ClF4N2O6. The molecule has 8 nitrogen and oxygen atoms in total. The maximum absolute atomic E-state index is 12.4. The number of allylic oxidation sites excluding steroid dienone is 6. The van der Waals surface area contributed by atoms with E-state index in [1.165, 1.54) is 12.2 Å². The minimum absolute atomic E-state index is 0.174. The van der Waals surface area contributed by atoms with Crippen molar-refractivity contribution in [2.45, 2.75) is 26.1 Å². The summed E-state index contributed by atoms with van der Waals surface area (Å²) in [5.41, 5.74) is 1.47. The molecule has 32 heavy (non-hydrogen) atoms. The van der Waals surface area contributed by atoms with Gasteiger partial charge in [-0.05, 0) is 12.2 Å². The fraction of sp³-hybridized carbons (Fsp3) is 0.211. The molecule has 0 amide bonds. The van der Waals surface area contributed by atoms with E-state index < -0.39 is 28.0 Å². The zero-order valence-electron chi connectivity index (χ0n) is 16.3. The van der Waals surface area contributed by atoms with Crippen LogP contribution in [-0.2, 0) is 17.5 Å². The van der Waals surface area contributed by atoms with Crippen LogP contribution >= 0.6 is 0 Å². The molecule has 0 radical (unpaired) electrons. The minimum Gasteiger partial charge on any atom is -0.351 e. The van der Waals surface area contributed by atoms with Crippen molar-refractivity contribution in [1.82, 2.24) is 5.16 Å². The maximum atomic E-state index is 12.4. The number of pyridine rings is 1. The van der Waals surface area contributed by atoms with Gasteiger partial charge in [0.2, 0.25) is 5.76 Å².